The zero-order chi connectivity index (χ0) is 24.0. The Morgan fingerprint density at radius 2 is 1.51 bits per heavy atom. The molecule has 0 atom stereocenters. The minimum Gasteiger partial charge on any atom is -0.497 e. The number of morpholine rings is 2. The van der Waals surface area contributed by atoms with Crippen LogP contribution < -0.4 is 25.2 Å². The van der Waals surface area contributed by atoms with E-state index in [-0.39, 0.29) is 0 Å². The molecule has 184 valence electrons. The number of pyridine rings is 1. The summed E-state index contributed by atoms with van der Waals surface area (Å²) in [6.07, 6.45) is 3.42. The summed E-state index contributed by atoms with van der Waals surface area (Å²) in [5, 5.41) is 0. The van der Waals surface area contributed by atoms with Crippen LogP contribution in [0.15, 0.2) is 48.8 Å². The van der Waals surface area contributed by atoms with Crippen molar-refractivity contribution < 1.29 is 14.2 Å². The van der Waals surface area contributed by atoms with E-state index in [0.29, 0.717) is 44.7 Å². The molecule has 2 saturated heterocycles. The lowest BCUT2D eigenvalue weighted by molar-refractivity contribution is 0.122. The number of hydrogen-bond donors (Lipinski definition) is 1. The van der Waals surface area contributed by atoms with Gasteiger partial charge in [-0.3, -0.25) is 4.98 Å². The van der Waals surface area contributed by atoms with Gasteiger partial charge in [-0.2, -0.15) is 4.98 Å². The first kappa shape index (κ1) is 23.1. The molecule has 4 heterocycles. The van der Waals surface area contributed by atoms with Gasteiger partial charge < -0.3 is 34.6 Å². The molecule has 2 aromatic heterocycles. The molecule has 10 heteroatoms. The molecule has 0 aliphatic carbocycles. The number of aromatic nitrogens is 3. The molecule has 3 aromatic rings. The number of nitrogens with zero attached hydrogens (tertiary/aromatic N) is 6. The first-order valence-electron chi connectivity index (χ1n) is 11.8. The van der Waals surface area contributed by atoms with Gasteiger partial charge in [-0.15, -0.1) is 0 Å². The zero-order valence-corrected chi connectivity index (χ0v) is 20.0. The molecule has 2 N–H and O–H groups in total. The molecule has 10 nitrogen and oxygen atoms in total. The molecule has 0 unspecified atom stereocenters. The summed E-state index contributed by atoms with van der Waals surface area (Å²) in [6, 6.07) is 12.1. The predicted octanol–water partition coefficient (Wildman–Crippen LogP) is 2.47. The molecule has 5 rings (SSSR count). The third kappa shape index (κ3) is 5.55. The maximum absolute atomic E-state index is 6.05. The maximum Gasteiger partial charge on any atom is 0.232 e. The Labute approximate surface area is 205 Å². The van der Waals surface area contributed by atoms with Crippen molar-refractivity contribution in [2.75, 3.05) is 80.1 Å². The standard InChI is InChI=1S/C25H31N7O3/c1-33-23-2-4-27-19(14-23)18-32(25-28-5-3-24(26)29-25)22-16-20(30-6-10-34-11-7-30)15-21(17-22)31-8-12-35-13-9-31/h2-5,14-17H,6-13,18H2,1H3,(H2,26,28,29). The quantitative estimate of drug-likeness (QED) is 0.546. The van der Waals surface area contributed by atoms with E-state index >= 15 is 0 Å². The number of rotatable bonds is 7. The Morgan fingerprint density at radius 1 is 0.886 bits per heavy atom. The average molecular weight is 478 g/mol. The predicted molar refractivity (Wildman–Crippen MR) is 136 cm³/mol. The van der Waals surface area contributed by atoms with Gasteiger partial charge in [-0.1, -0.05) is 0 Å². The van der Waals surface area contributed by atoms with Crippen molar-refractivity contribution in [1.29, 1.82) is 0 Å². The molecule has 0 bridgehead atoms. The van der Waals surface area contributed by atoms with Gasteiger partial charge in [0.2, 0.25) is 5.95 Å². The van der Waals surface area contributed by atoms with E-state index in [4.69, 9.17) is 19.9 Å². The Morgan fingerprint density at radius 3 is 2.11 bits per heavy atom. The highest BCUT2D eigenvalue weighted by Gasteiger charge is 2.21. The summed E-state index contributed by atoms with van der Waals surface area (Å²) < 4.78 is 16.6. The minimum absolute atomic E-state index is 0.413. The fourth-order valence-corrected chi connectivity index (χ4v) is 4.34. The van der Waals surface area contributed by atoms with Crippen molar-refractivity contribution in [3.05, 3.63) is 54.5 Å². The smallest absolute Gasteiger partial charge is 0.232 e. The van der Waals surface area contributed by atoms with Crippen molar-refractivity contribution in [3.63, 3.8) is 0 Å². The third-order valence-corrected chi connectivity index (χ3v) is 6.20. The third-order valence-electron chi connectivity index (χ3n) is 6.20. The van der Waals surface area contributed by atoms with Crippen LogP contribution in [0.2, 0.25) is 0 Å². The van der Waals surface area contributed by atoms with Crippen molar-refractivity contribution in [3.8, 4) is 5.75 Å². The van der Waals surface area contributed by atoms with Crippen LogP contribution in [0.3, 0.4) is 0 Å². The second kappa shape index (κ2) is 10.7. The van der Waals surface area contributed by atoms with Crippen LogP contribution in [0.25, 0.3) is 0 Å². The van der Waals surface area contributed by atoms with Crippen molar-refractivity contribution >= 4 is 28.8 Å². The minimum atomic E-state index is 0.413. The molecular formula is C25H31N7O3. The summed E-state index contributed by atoms with van der Waals surface area (Å²) in [6.45, 7) is 6.70. The number of nitrogens with two attached hydrogens (primary N) is 1. The first-order chi connectivity index (χ1) is 17.2. The summed E-state index contributed by atoms with van der Waals surface area (Å²) in [4.78, 5) is 20.4. The van der Waals surface area contributed by atoms with Gasteiger partial charge in [0.05, 0.1) is 45.8 Å². The van der Waals surface area contributed by atoms with Crippen LogP contribution in [0.5, 0.6) is 5.75 Å². The maximum atomic E-state index is 6.05. The number of anilines is 5. The number of benzene rings is 1. The van der Waals surface area contributed by atoms with E-state index in [1.165, 1.54) is 0 Å². The Hall–Kier alpha value is -3.63. The molecule has 2 aliphatic heterocycles. The Bertz CT molecular complexity index is 1100. The van der Waals surface area contributed by atoms with E-state index in [2.05, 4.69) is 43.0 Å². The summed E-state index contributed by atoms with van der Waals surface area (Å²) in [5.41, 5.74) is 10.1. The van der Waals surface area contributed by atoms with Gasteiger partial charge in [0.15, 0.2) is 0 Å². The van der Waals surface area contributed by atoms with Crippen LogP contribution in [-0.4, -0.2) is 74.7 Å². The molecule has 2 fully saturated rings. The van der Waals surface area contributed by atoms with E-state index < -0.39 is 0 Å². The molecule has 1 aromatic carbocycles. The molecule has 0 amide bonds. The number of methoxy groups -OCH3 is 1. The SMILES string of the molecule is COc1ccnc(CN(c2cc(N3CCOCC3)cc(N3CCOCC3)c2)c2nccc(N)n2)c1. The highest BCUT2D eigenvalue weighted by Crippen LogP contribution is 2.34. The normalized spacial score (nSPS) is 16.3. The van der Waals surface area contributed by atoms with E-state index in [9.17, 15) is 0 Å². The summed E-state index contributed by atoms with van der Waals surface area (Å²) in [5.74, 6) is 1.68. The lowest BCUT2D eigenvalue weighted by atomic mass is 10.1. The first-order valence-corrected chi connectivity index (χ1v) is 11.8. The lowest BCUT2D eigenvalue weighted by Crippen LogP contribution is -2.38. The van der Waals surface area contributed by atoms with Crippen LogP contribution in [-0.2, 0) is 16.0 Å². The fourth-order valence-electron chi connectivity index (χ4n) is 4.34. The summed E-state index contributed by atoms with van der Waals surface area (Å²) in [7, 11) is 1.65. The van der Waals surface area contributed by atoms with E-state index in [1.807, 2.05) is 17.0 Å². The molecule has 0 radical (unpaired) electrons. The van der Waals surface area contributed by atoms with Gasteiger partial charge >= 0.3 is 0 Å². The lowest BCUT2D eigenvalue weighted by Gasteiger charge is -2.34. The topological polar surface area (TPSA) is 102 Å². The molecule has 2 aliphatic rings. The molecule has 0 saturated carbocycles. The Kier molecular flexibility index (Phi) is 7.10. The van der Waals surface area contributed by atoms with Crippen molar-refractivity contribution in [2.24, 2.45) is 0 Å². The van der Waals surface area contributed by atoms with Crippen LogP contribution in [0.4, 0.5) is 28.8 Å². The highest BCUT2D eigenvalue weighted by atomic mass is 16.5. The van der Waals surface area contributed by atoms with Crippen LogP contribution in [0, 0.1) is 0 Å². The second-order valence-corrected chi connectivity index (χ2v) is 8.46. The van der Waals surface area contributed by atoms with Gasteiger partial charge in [-0.05, 0) is 30.3 Å². The van der Waals surface area contributed by atoms with Gasteiger partial charge in [0.25, 0.3) is 0 Å². The van der Waals surface area contributed by atoms with Crippen molar-refractivity contribution in [2.45, 2.75) is 6.54 Å². The fraction of sp³-hybridized carbons (Fsp3) is 0.400. The number of hydrogen-bond acceptors (Lipinski definition) is 10. The number of nitrogen functional groups attached to an aromatic ring is 1. The molecule has 35 heavy (non-hydrogen) atoms. The Balaban J connectivity index is 1.58. The molecular weight excluding hydrogens is 446 g/mol. The van der Waals surface area contributed by atoms with Gasteiger partial charge in [-0.25, -0.2) is 4.98 Å². The van der Waals surface area contributed by atoms with E-state index in [1.54, 1.807) is 25.6 Å². The average Bonchev–Trinajstić information content (AvgIpc) is 2.92. The largest absolute Gasteiger partial charge is 0.497 e. The van der Waals surface area contributed by atoms with Crippen molar-refractivity contribution in [1.82, 2.24) is 15.0 Å². The highest BCUT2D eigenvalue weighted by molar-refractivity contribution is 5.73. The zero-order valence-electron chi connectivity index (χ0n) is 20.0. The van der Waals surface area contributed by atoms with Gasteiger partial charge in [0, 0.05) is 61.7 Å². The van der Waals surface area contributed by atoms with Gasteiger partial charge in [0.1, 0.15) is 11.6 Å². The summed E-state index contributed by atoms with van der Waals surface area (Å²) >= 11 is 0. The number of ether oxygens (including phenoxy) is 3. The van der Waals surface area contributed by atoms with E-state index in [0.717, 1.165) is 54.7 Å². The monoisotopic (exact) mass is 477 g/mol. The molecule has 0 spiro atoms. The second-order valence-electron chi connectivity index (χ2n) is 8.46. The van der Waals surface area contributed by atoms with Crippen LogP contribution in [0.1, 0.15) is 5.69 Å². The van der Waals surface area contributed by atoms with Crippen LogP contribution >= 0.6 is 0 Å².